The monoisotopic (exact) mass is 337 g/mol. The number of allylic oxidation sites excluding steroid dienone is 3. The lowest BCUT2D eigenvalue weighted by Gasteiger charge is -2.04. The van der Waals surface area contributed by atoms with Gasteiger partial charge in [0.15, 0.2) is 0 Å². The molecule has 6 heteroatoms. The molecule has 136 valence electrons. The van der Waals surface area contributed by atoms with Crippen LogP contribution < -0.4 is 17.1 Å². The van der Waals surface area contributed by atoms with E-state index < -0.39 is 17.1 Å². The molecular formula is C18H31N3O3. The van der Waals surface area contributed by atoms with Gasteiger partial charge >= 0.3 is 17.1 Å². The molecule has 0 amide bonds. The van der Waals surface area contributed by atoms with Gasteiger partial charge in [0.05, 0.1) is 13.1 Å². The van der Waals surface area contributed by atoms with E-state index in [1.165, 1.54) is 31.4 Å². The Hall–Kier alpha value is -2.37. The minimum absolute atomic E-state index is 0.0611. The molecule has 0 aliphatic carbocycles. The average Bonchev–Trinajstić information content (AvgIpc) is 2.57. The molecule has 0 fully saturated rings. The van der Waals surface area contributed by atoms with Crippen LogP contribution in [0.25, 0.3) is 0 Å². The van der Waals surface area contributed by atoms with E-state index in [1.807, 2.05) is 11.1 Å². The summed E-state index contributed by atoms with van der Waals surface area (Å²) in [5, 5.41) is 0. The second-order valence-electron chi connectivity index (χ2n) is 4.87. The van der Waals surface area contributed by atoms with Crippen molar-refractivity contribution in [2.45, 2.75) is 59.5 Å². The first-order chi connectivity index (χ1) is 11.4. The molecule has 0 atom stereocenters. The van der Waals surface area contributed by atoms with Crippen molar-refractivity contribution in [2.75, 3.05) is 0 Å². The maximum Gasteiger partial charge on any atom is 0.336 e. The molecule has 0 saturated heterocycles. The van der Waals surface area contributed by atoms with E-state index in [9.17, 15) is 14.4 Å². The van der Waals surface area contributed by atoms with Crippen LogP contribution in [0.4, 0.5) is 0 Å². The van der Waals surface area contributed by atoms with Crippen LogP contribution in [0.2, 0.25) is 0 Å². The minimum atomic E-state index is -0.731. The second-order valence-corrected chi connectivity index (χ2v) is 4.87. The minimum Gasteiger partial charge on any atom is -0.259 e. The summed E-state index contributed by atoms with van der Waals surface area (Å²) in [6.45, 7) is 16.9. The van der Waals surface area contributed by atoms with E-state index >= 15 is 0 Å². The first-order valence-corrected chi connectivity index (χ1v) is 8.21. The zero-order chi connectivity index (χ0) is 19.0. The molecule has 1 aromatic rings. The topological polar surface area (TPSA) is 76.9 Å². The maximum atomic E-state index is 11.6. The molecule has 24 heavy (non-hydrogen) atoms. The molecule has 0 aliphatic rings. The lowest BCUT2D eigenvalue weighted by Crippen LogP contribution is -2.49. The van der Waals surface area contributed by atoms with Crippen LogP contribution in [-0.4, -0.2) is 14.1 Å². The molecular weight excluding hydrogens is 306 g/mol. The number of unbranched alkanes of at least 4 members (excludes halogenated alkanes) is 2. The third-order valence-electron chi connectivity index (χ3n) is 2.79. The Bertz CT molecular complexity index is 603. The van der Waals surface area contributed by atoms with Crippen molar-refractivity contribution in [1.82, 2.24) is 14.1 Å². The van der Waals surface area contributed by atoms with E-state index in [4.69, 9.17) is 0 Å². The lowest BCUT2D eigenvalue weighted by atomic mass is 10.3. The standard InChI is InChI=1S/C9H11N3O3.C5H12.C4H8/c1-3-5-11-7(13)10-8(14)12(6-4-2)9(11)15;1-3-5-4-2;1-3-4-2/h3-4H,1-2,5-6H2,(H,10,13,14);3-5H2,1-2H3;3H,1,4H2,2H3. The normalized spacial score (nSPS) is 8.96. The molecule has 0 spiro atoms. The fourth-order valence-corrected chi connectivity index (χ4v) is 1.48. The number of hydrogen-bond donors (Lipinski definition) is 1. The fourth-order valence-electron chi connectivity index (χ4n) is 1.48. The quantitative estimate of drug-likeness (QED) is 0.777. The van der Waals surface area contributed by atoms with Gasteiger partial charge in [-0.15, -0.1) is 19.7 Å². The Morgan fingerprint density at radius 1 is 0.833 bits per heavy atom. The largest absolute Gasteiger partial charge is 0.336 e. The number of H-pyrrole nitrogens is 1. The van der Waals surface area contributed by atoms with Crippen LogP contribution in [0.5, 0.6) is 0 Å². The predicted molar refractivity (Wildman–Crippen MR) is 102 cm³/mol. The van der Waals surface area contributed by atoms with Crippen molar-refractivity contribution in [3.8, 4) is 0 Å². The van der Waals surface area contributed by atoms with E-state index in [0.717, 1.165) is 15.6 Å². The van der Waals surface area contributed by atoms with E-state index in [0.29, 0.717) is 0 Å². The summed E-state index contributed by atoms with van der Waals surface area (Å²) in [5.41, 5.74) is -2.13. The lowest BCUT2D eigenvalue weighted by molar-refractivity contribution is 0.570. The molecule has 0 aliphatic heterocycles. The Morgan fingerprint density at radius 3 is 1.42 bits per heavy atom. The summed E-state index contributed by atoms with van der Waals surface area (Å²) < 4.78 is 1.77. The van der Waals surface area contributed by atoms with Gasteiger partial charge in [0, 0.05) is 0 Å². The molecule has 1 heterocycles. The zero-order valence-electron chi connectivity index (χ0n) is 15.2. The number of hydrogen-bond acceptors (Lipinski definition) is 3. The van der Waals surface area contributed by atoms with Gasteiger partial charge in [-0.2, -0.15) is 0 Å². The molecule has 0 bridgehead atoms. The van der Waals surface area contributed by atoms with E-state index in [-0.39, 0.29) is 13.1 Å². The first-order valence-electron chi connectivity index (χ1n) is 8.21. The van der Waals surface area contributed by atoms with Crippen LogP contribution in [0.3, 0.4) is 0 Å². The summed E-state index contributed by atoms with van der Waals surface area (Å²) in [6.07, 6.45) is 9.84. The Kier molecular flexibility index (Phi) is 15.5. The highest BCUT2D eigenvalue weighted by Crippen LogP contribution is 1.88. The highest BCUT2D eigenvalue weighted by atomic mass is 16.2. The van der Waals surface area contributed by atoms with Gasteiger partial charge < -0.3 is 0 Å². The van der Waals surface area contributed by atoms with Gasteiger partial charge in [-0.3, -0.25) is 4.98 Å². The van der Waals surface area contributed by atoms with Crippen LogP contribution in [0, 0.1) is 0 Å². The summed E-state index contributed by atoms with van der Waals surface area (Å²) >= 11 is 0. The number of nitrogens with one attached hydrogen (secondary N) is 1. The van der Waals surface area contributed by atoms with Crippen molar-refractivity contribution >= 4 is 0 Å². The summed E-state index contributed by atoms with van der Waals surface area (Å²) in [4.78, 5) is 36.1. The number of nitrogens with zero attached hydrogens (tertiary/aromatic N) is 2. The van der Waals surface area contributed by atoms with Crippen LogP contribution in [-0.2, 0) is 13.1 Å². The third-order valence-corrected chi connectivity index (χ3v) is 2.79. The molecule has 6 nitrogen and oxygen atoms in total. The Labute approximate surface area is 143 Å². The molecule has 0 radical (unpaired) electrons. The summed E-state index contributed by atoms with van der Waals surface area (Å²) in [5.74, 6) is 0. The van der Waals surface area contributed by atoms with Crippen LogP contribution in [0.1, 0.15) is 46.5 Å². The number of aromatic nitrogens is 3. The molecule has 1 aromatic heterocycles. The van der Waals surface area contributed by atoms with Gasteiger partial charge in [0.25, 0.3) is 0 Å². The van der Waals surface area contributed by atoms with Crippen molar-refractivity contribution < 1.29 is 0 Å². The van der Waals surface area contributed by atoms with E-state index in [1.54, 1.807) is 0 Å². The SMILES string of the molecule is C=CCC.C=CCn1c(=O)[nH]c(=O)n(CC=C)c1=O.CCCCC. The van der Waals surface area contributed by atoms with Crippen molar-refractivity contribution in [3.63, 3.8) is 0 Å². The maximum absolute atomic E-state index is 11.6. The highest BCUT2D eigenvalue weighted by Gasteiger charge is 2.06. The van der Waals surface area contributed by atoms with E-state index in [2.05, 4.69) is 40.5 Å². The average molecular weight is 337 g/mol. The predicted octanol–water partition coefficient (Wildman–Crippen LogP) is 2.85. The smallest absolute Gasteiger partial charge is 0.259 e. The number of rotatable bonds is 7. The van der Waals surface area contributed by atoms with Crippen molar-refractivity contribution in [3.05, 3.63) is 69.4 Å². The van der Waals surface area contributed by atoms with Gasteiger partial charge in [-0.25, -0.2) is 23.5 Å². The fraction of sp³-hybridized carbons (Fsp3) is 0.500. The summed E-state index contributed by atoms with van der Waals surface area (Å²) in [6, 6.07) is 0. The Morgan fingerprint density at radius 2 is 1.21 bits per heavy atom. The van der Waals surface area contributed by atoms with Crippen molar-refractivity contribution in [1.29, 1.82) is 0 Å². The molecule has 1 N–H and O–H groups in total. The molecule has 1 rings (SSSR count). The second kappa shape index (κ2) is 15.5. The third kappa shape index (κ3) is 9.61. The van der Waals surface area contributed by atoms with Crippen LogP contribution >= 0.6 is 0 Å². The van der Waals surface area contributed by atoms with Gasteiger partial charge in [0.1, 0.15) is 0 Å². The molecule has 0 aromatic carbocycles. The zero-order valence-corrected chi connectivity index (χ0v) is 15.2. The van der Waals surface area contributed by atoms with Crippen molar-refractivity contribution in [2.24, 2.45) is 0 Å². The summed E-state index contributed by atoms with van der Waals surface area (Å²) in [7, 11) is 0. The van der Waals surface area contributed by atoms with Gasteiger partial charge in [-0.1, -0.05) is 58.3 Å². The first kappa shape index (κ1) is 23.9. The van der Waals surface area contributed by atoms with Gasteiger partial charge in [-0.05, 0) is 6.42 Å². The molecule has 0 unspecified atom stereocenters. The molecule has 0 saturated carbocycles. The number of aromatic amines is 1. The Balaban J connectivity index is 0. The van der Waals surface area contributed by atoms with Gasteiger partial charge in [0.2, 0.25) is 0 Å². The van der Waals surface area contributed by atoms with Crippen LogP contribution in [0.15, 0.2) is 52.3 Å². The highest BCUT2D eigenvalue weighted by molar-refractivity contribution is 4.81.